The fourth-order valence-electron chi connectivity index (χ4n) is 3.65. The van der Waals surface area contributed by atoms with E-state index in [0.717, 1.165) is 32.4 Å². The number of carbonyl (C=O) groups excluding carboxylic acids is 1. The first kappa shape index (κ1) is 19.3. The smallest absolute Gasteiger partial charge is 0.253 e. The largest absolute Gasteiger partial charge is 0.490 e. The van der Waals surface area contributed by atoms with Crippen LogP contribution in [0.2, 0.25) is 0 Å². The standard InChI is InChI=1S/C23H29NO3/c1-3-26-21-11-10-20(17-22(21)27-4-2)23(25)24-14-12-19(13-15-24)16-18-8-6-5-7-9-18/h5-11,17,19H,3-4,12-16H2,1-2H3. The molecule has 4 heteroatoms. The van der Waals surface area contributed by atoms with Crippen molar-refractivity contribution in [2.45, 2.75) is 33.1 Å². The molecule has 0 N–H and O–H groups in total. The molecule has 144 valence electrons. The lowest BCUT2D eigenvalue weighted by Gasteiger charge is -2.32. The summed E-state index contributed by atoms with van der Waals surface area (Å²) in [6, 6.07) is 16.1. The summed E-state index contributed by atoms with van der Waals surface area (Å²) < 4.78 is 11.2. The normalized spacial score (nSPS) is 14.8. The van der Waals surface area contributed by atoms with Crippen LogP contribution in [0.3, 0.4) is 0 Å². The van der Waals surface area contributed by atoms with Crippen LogP contribution in [-0.4, -0.2) is 37.1 Å². The monoisotopic (exact) mass is 367 g/mol. The molecule has 4 nitrogen and oxygen atoms in total. The zero-order valence-electron chi connectivity index (χ0n) is 16.3. The number of amides is 1. The van der Waals surface area contributed by atoms with Gasteiger partial charge < -0.3 is 14.4 Å². The van der Waals surface area contributed by atoms with Crippen LogP contribution in [0.4, 0.5) is 0 Å². The molecule has 0 aliphatic carbocycles. The van der Waals surface area contributed by atoms with Crippen molar-refractivity contribution in [3.8, 4) is 11.5 Å². The van der Waals surface area contributed by atoms with Gasteiger partial charge in [-0.15, -0.1) is 0 Å². The van der Waals surface area contributed by atoms with E-state index in [2.05, 4.69) is 30.3 Å². The Morgan fingerprint density at radius 3 is 2.30 bits per heavy atom. The maximum absolute atomic E-state index is 12.9. The third-order valence-corrected chi connectivity index (χ3v) is 5.06. The van der Waals surface area contributed by atoms with Crippen LogP contribution in [0.5, 0.6) is 11.5 Å². The van der Waals surface area contributed by atoms with Crippen molar-refractivity contribution >= 4 is 5.91 Å². The number of carbonyl (C=O) groups is 1. The van der Waals surface area contributed by atoms with Gasteiger partial charge in [0.1, 0.15) is 0 Å². The fraction of sp³-hybridized carbons (Fsp3) is 0.435. The lowest BCUT2D eigenvalue weighted by Crippen LogP contribution is -2.38. The average Bonchev–Trinajstić information content (AvgIpc) is 2.70. The second-order valence-electron chi connectivity index (χ2n) is 6.95. The van der Waals surface area contributed by atoms with Gasteiger partial charge in [0, 0.05) is 18.7 Å². The molecule has 0 aromatic heterocycles. The number of benzene rings is 2. The Morgan fingerprint density at radius 2 is 1.63 bits per heavy atom. The predicted octanol–water partition coefficient (Wildman–Crippen LogP) is 4.58. The number of rotatable bonds is 7. The molecule has 1 saturated heterocycles. The molecule has 0 atom stereocenters. The highest BCUT2D eigenvalue weighted by Gasteiger charge is 2.24. The highest BCUT2D eigenvalue weighted by atomic mass is 16.5. The molecule has 1 aliphatic rings. The van der Waals surface area contributed by atoms with Gasteiger partial charge in [0.05, 0.1) is 13.2 Å². The van der Waals surface area contributed by atoms with Gasteiger partial charge in [-0.25, -0.2) is 0 Å². The molecule has 1 aliphatic heterocycles. The second-order valence-corrected chi connectivity index (χ2v) is 6.95. The minimum atomic E-state index is 0.0807. The van der Waals surface area contributed by atoms with E-state index in [1.54, 1.807) is 0 Å². The molecule has 0 bridgehead atoms. The number of nitrogens with zero attached hydrogens (tertiary/aromatic N) is 1. The Labute approximate surface area is 162 Å². The molecule has 0 unspecified atom stereocenters. The Bertz CT molecular complexity index is 737. The van der Waals surface area contributed by atoms with E-state index in [0.29, 0.717) is 36.2 Å². The molecular formula is C23H29NO3. The summed E-state index contributed by atoms with van der Waals surface area (Å²) in [5, 5.41) is 0. The van der Waals surface area contributed by atoms with Crippen LogP contribution in [0.25, 0.3) is 0 Å². The molecule has 0 radical (unpaired) electrons. The number of hydrogen-bond donors (Lipinski definition) is 0. The highest BCUT2D eigenvalue weighted by Crippen LogP contribution is 2.30. The van der Waals surface area contributed by atoms with E-state index >= 15 is 0 Å². The maximum atomic E-state index is 12.9. The molecule has 1 fully saturated rings. The van der Waals surface area contributed by atoms with E-state index in [1.807, 2.05) is 36.9 Å². The molecule has 0 saturated carbocycles. The third kappa shape index (κ3) is 5.03. The highest BCUT2D eigenvalue weighted by molar-refractivity contribution is 5.95. The molecule has 1 amide bonds. The van der Waals surface area contributed by atoms with Gasteiger partial charge in [0.15, 0.2) is 11.5 Å². The van der Waals surface area contributed by atoms with E-state index < -0.39 is 0 Å². The summed E-state index contributed by atoms with van der Waals surface area (Å²) in [6.07, 6.45) is 3.20. The van der Waals surface area contributed by atoms with E-state index in [1.165, 1.54) is 5.56 Å². The van der Waals surface area contributed by atoms with Crippen LogP contribution >= 0.6 is 0 Å². The minimum Gasteiger partial charge on any atom is -0.490 e. The van der Waals surface area contributed by atoms with Gasteiger partial charge >= 0.3 is 0 Å². The molecular weight excluding hydrogens is 338 g/mol. The van der Waals surface area contributed by atoms with Crippen molar-refractivity contribution < 1.29 is 14.3 Å². The zero-order valence-corrected chi connectivity index (χ0v) is 16.3. The Morgan fingerprint density at radius 1 is 0.963 bits per heavy atom. The Hall–Kier alpha value is -2.49. The summed E-state index contributed by atoms with van der Waals surface area (Å²) >= 11 is 0. The van der Waals surface area contributed by atoms with Crippen LogP contribution < -0.4 is 9.47 Å². The molecule has 2 aromatic carbocycles. The average molecular weight is 367 g/mol. The number of piperidine rings is 1. The van der Waals surface area contributed by atoms with Gasteiger partial charge in [0.2, 0.25) is 0 Å². The van der Waals surface area contributed by atoms with E-state index in [9.17, 15) is 4.79 Å². The first-order valence-electron chi connectivity index (χ1n) is 9.94. The van der Waals surface area contributed by atoms with Gasteiger partial charge in [-0.05, 0) is 62.8 Å². The maximum Gasteiger partial charge on any atom is 0.253 e. The number of ether oxygens (including phenoxy) is 2. The summed E-state index contributed by atoms with van der Waals surface area (Å²) in [6.45, 7) is 6.61. The third-order valence-electron chi connectivity index (χ3n) is 5.06. The van der Waals surface area contributed by atoms with Crippen LogP contribution in [0.1, 0.15) is 42.6 Å². The summed E-state index contributed by atoms with van der Waals surface area (Å²) in [7, 11) is 0. The summed E-state index contributed by atoms with van der Waals surface area (Å²) in [5.41, 5.74) is 2.05. The molecule has 3 rings (SSSR count). The Kier molecular flexibility index (Phi) is 6.74. The number of hydrogen-bond acceptors (Lipinski definition) is 3. The van der Waals surface area contributed by atoms with Crippen molar-refractivity contribution in [1.82, 2.24) is 4.90 Å². The van der Waals surface area contributed by atoms with Crippen molar-refractivity contribution in [2.75, 3.05) is 26.3 Å². The minimum absolute atomic E-state index is 0.0807. The topological polar surface area (TPSA) is 38.8 Å². The quantitative estimate of drug-likeness (QED) is 0.719. The van der Waals surface area contributed by atoms with Crippen LogP contribution in [0.15, 0.2) is 48.5 Å². The molecule has 2 aromatic rings. The van der Waals surface area contributed by atoms with Gasteiger partial charge in [-0.1, -0.05) is 30.3 Å². The lowest BCUT2D eigenvalue weighted by atomic mass is 9.90. The lowest BCUT2D eigenvalue weighted by molar-refractivity contribution is 0.0690. The predicted molar refractivity (Wildman–Crippen MR) is 108 cm³/mol. The molecule has 27 heavy (non-hydrogen) atoms. The van der Waals surface area contributed by atoms with Crippen molar-refractivity contribution in [2.24, 2.45) is 5.92 Å². The van der Waals surface area contributed by atoms with Crippen molar-refractivity contribution in [3.63, 3.8) is 0 Å². The first-order valence-corrected chi connectivity index (χ1v) is 9.94. The second kappa shape index (κ2) is 9.45. The van der Waals surface area contributed by atoms with Gasteiger partial charge in [0.25, 0.3) is 5.91 Å². The Balaban J connectivity index is 1.61. The van der Waals surface area contributed by atoms with Crippen molar-refractivity contribution in [1.29, 1.82) is 0 Å². The zero-order chi connectivity index (χ0) is 19.1. The molecule has 0 spiro atoms. The SMILES string of the molecule is CCOc1ccc(C(=O)N2CCC(Cc3ccccc3)CC2)cc1OCC. The van der Waals surface area contributed by atoms with E-state index in [4.69, 9.17) is 9.47 Å². The molecule has 1 heterocycles. The fourth-order valence-corrected chi connectivity index (χ4v) is 3.65. The first-order chi connectivity index (χ1) is 13.2. The van der Waals surface area contributed by atoms with Crippen LogP contribution in [-0.2, 0) is 6.42 Å². The van der Waals surface area contributed by atoms with Crippen molar-refractivity contribution in [3.05, 3.63) is 59.7 Å². The summed E-state index contributed by atoms with van der Waals surface area (Å²) in [4.78, 5) is 14.9. The summed E-state index contributed by atoms with van der Waals surface area (Å²) in [5.74, 6) is 2.06. The van der Waals surface area contributed by atoms with E-state index in [-0.39, 0.29) is 5.91 Å². The number of likely N-dealkylation sites (tertiary alicyclic amines) is 1. The van der Waals surface area contributed by atoms with Crippen LogP contribution in [0, 0.1) is 5.92 Å². The van der Waals surface area contributed by atoms with Gasteiger partial charge in [-0.2, -0.15) is 0 Å². The van der Waals surface area contributed by atoms with Gasteiger partial charge in [-0.3, -0.25) is 4.79 Å².